The van der Waals surface area contributed by atoms with Crippen molar-refractivity contribution in [3.05, 3.63) is 39.9 Å². The van der Waals surface area contributed by atoms with Crippen molar-refractivity contribution in [2.24, 2.45) is 0 Å². The zero-order valence-electron chi connectivity index (χ0n) is 9.48. The maximum Gasteiger partial charge on any atom is 0.363 e. The molecule has 1 heterocycles. The average molecular weight is 232 g/mol. The number of aromatic hydroxyl groups is 1. The molecule has 17 heavy (non-hydrogen) atoms. The monoisotopic (exact) mass is 232 g/mol. The quantitative estimate of drug-likeness (QED) is 0.677. The molecule has 0 spiro atoms. The summed E-state index contributed by atoms with van der Waals surface area (Å²) in [5, 5.41) is 18.4. The number of nitrogens with one attached hydrogen (secondary N) is 2. The van der Waals surface area contributed by atoms with Crippen LogP contribution >= 0.6 is 0 Å². The van der Waals surface area contributed by atoms with Crippen LogP contribution in [0.1, 0.15) is 11.3 Å². The molecule has 0 saturated heterocycles. The Labute approximate surface area is 97.4 Å². The summed E-state index contributed by atoms with van der Waals surface area (Å²) in [4.78, 5) is 14.8. The van der Waals surface area contributed by atoms with Gasteiger partial charge in [-0.25, -0.2) is 9.89 Å². The van der Waals surface area contributed by atoms with Gasteiger partial charge in [-0.3, -0.25) is 0 Å². The van der Waals surface area contributed by atoms with Gasteiger partial charge in [-0.05, 0) is 37.6 Å². The molecule has 3 N–H and O–H groups in total. The highest BCUT2D eigenvalue weighted by atomic mass is 16.3. The minimum Gasteiger partial charge on any atom is -0.508 e. The molecule has 0 unspecified atom stereocenters. The number of hydrogen-bond acceptors (Lipinski definition) is 5. The Kier molecular flexibility index (Phi) is 2.78. The third-order valence-electron chi connectivity index (χ3n) is 2.34. The van der Waals surface area contributed by atoms with Crippen LogP contribution in [0.25, 0.3) is 0 Å². The molecule has 0 atom stereocenters. The van der Waals surface area contributed by atoms with Gasteiger partial charge in [0, 0.05) is 5.69 Å². The number of benzene rings is 1. The number of aryl methyl sites for hydroxylation is 2. The molecule has 1 aromatic carbocycles. The molecule has 6 nitrogen and oxygen atoms in total. The summed E-state index contributed by atoms with van der Waals surface area (Å²) in [6, 6.07) is 4.90. The first kappa shape index (κ1) is 11.1. The normalized spacial score (nSPS) is 10.2. The Hall–Kier alpha value is -2.37. The lowest BCUT2D eigenvalue weighted by atomic mass is 10.2. The van der Waals surface area contributed by atoms with Crippen LogP contribution in [0, 0.1) is 13.8 Å². The zero-order chi connectivity index (χ0) is 12.4. The van der Waals surface area contributed by atoms with Gasteiger partial charge < -0.3 is 10.4 Å². The standard InChI is InChI=1S/C11H12N4O2/c1-6-5-8(16)3-4-9(6)12-10-7(2)14-15-11(17)13-10/h3-5,16H,1-2H3,(H2,12,13,15,17). The molecule has 0 aliphatic rings. The smallest absolute Gasteiger partial charge is 0.363 e. The summed E-state index contributed by atoms with van der Waals surface area (Å²) >= 11 is 0. The zero-order valence-corrected chi connectivity index (χ0v) is 9.48. The molecular formula is C11H12N4O2. The van der Waals surface area contributed by atoms with Crippen molar-refractivity contribution in [1.29, 1.82) is 0 Å². The van der Waals surface area contributed by atoms with Crippen LogP contribution in [-0.2, 0) is 0 Å². The highest BCUT2D eigenvalue weighted by Gasteiger charge is 2.05. The van der Waals surface area contributed by atoms with E-state index in [9.17, 15) is 9.90 Å². The number of anilines is 2. The first-order valence-electron chi connectivity index (χ1n) is 5.06. The number of hydrogen-bond donors (Lipinski definition) is 3. The number of rotatable bonds is 2. The van der Waals surface area contributed by atoms with Crippen LogP contribution in [0.15, 0.2) is 23.0 Å². The predicted octanol–water partition coefficient (Wildman–Crippen LogP) is 1.23. The Balaban J connectivity index is 2.37. The summed E-state index contributed by atoms with van der Waals surface area (Å²) in [5.74, 6) is 0.601. The fourth-order valence-electron chi connectivity index (χ4n) is 1.43. The van der Waals surface area contributed by atoms with Gasteiger partial charge in [0.2, 0.25) is 0 Å². The van der Waals surface area contributed by atoms with Crippen molar-refractivity contribution in [3.63, 3.8) is 0 Å². The lowest BCUT2D eigenvalue weighted by molar-refractivity contribution is 0.475. The second-order valence-corrected chi connectivity index (χ2v) is 3.70. The van der Waals surface area contributed by atoms with E-state index in [2.05, 4.69) is 20.5 Å². The first-order chi connectivity index (χ1) is 8.06. The number of phenols is 1. The molecule has 0 saturated carbocycles. The van der Waals surface area contributed by atoms with E-state index in [1.54, 1.807) is 25.1 Å². The average Bonchev–Trinajstić information content (AvgIpc) is 2.27. The Morgan fingerprint density at radius 2 is 2.12 bits per heavy atom. The SMILES string of the molecule is Cc1cc(O)ccc1Nc1nc(=O)[nH]nc1C. The number of aromatic amines is 1. The van der Waals surface area contributed by atoms with Gasteiger partial charge in [-0.15, -0.1) is 0 Å². The molecule has 0 amide bonds. The maximum atomic E-state index is 11.1. The van der Waals surface area contributed by atoms with Gasteiger partial charge in [0.15, 0.2) is 5.82 Å². The molecule has 2 aromatic rings. The summed E-state index contributed by atoms with van der Waals surface area (Å²) in [6.07, 6.45) is 0. The fraction of sp³-hybridized carbons (Fsp3) is 0.182. The van der Waals surface area contributed by atoms with Crippen LogP contribution in [0.2, 0.25) is 0 Å². The van der Waals surface area contributed by atoms with Gasteiger partial charge in [-0.1, -0.05) is 0 Å². The van der Waals surface area contributed by atoms with Crippen LogP contribution in [0.5, 0.6) is 5.75 Å². The Bertz CT molecular complexity index is 607. The molecule has 0 radical (unpaired) electrons. The molecule has 88 valence electrons. The fourth-order valence-corrected chi connectivity index (χ4v) is 1.43. The number of aromatic nitrogens is 3. The van der Waals surface area contributed by atoms with E-state index in [1.807, 2.05) is 6.92 Å². The maximum absolute atomic E-state index is 11.1. The van der Waals surface area contributed by atoms with E-state index in [-0.39, 0.29) is 5.75 Å². The molecule has 0 aliphatic carbocycles. The van der Waals surface area contributed by atoms with Crippen LogP contribution in [0.4, 0.5) is 11.5 Å². The van der Waals surface area contributed by atoms with Crippen molar-refractivity contribution >= 4 is 11.5 Å². The summed E-state index contributed by atoms with van der Waals surface area (Å²) in [6.45, 7) is 3.58. The third kappa shape index (κ3) is 2.41. The third-order valence-corrected chi connectivity index (χ3v) is 2.34. The first-order valence-corrected chi connectivity index (χ1v) is 5.06. The summed E-state index contributed by atoms with van der Waals surface area (Å²) < 4.78 is 0. The Morgan fingerprint density at radius 1 is 1.35 bits per heavy atom. The van der Waals surface area contributed by atoms with E-state index in [0.29, 0.717) is 11.5 Å². The number of H-pyrrole nitrogens is 1. The van der Waals surface area contributed by atoms with Gasteiger partial charge in [0.25, 0.3) is 0 Å². The van der Waals surface area contributed by atoms with Gasteiger partial charge in [-0.2, -0.15) is 10.1 Å². The van der Waals surface area contributed by atoms with Crippen molar-refractivity contribution in [2.75, 3.05) is 5.32 Å². The Morgan fingerprint density at radius 3 is 2.82 bits per heavy atom. The van der Waals surface area contributed by atoms with E-state index in [0.717, 1.165) is 11.3 Å². The second-order valence-electron chi connectivity index (χ2n) is 3.70. The highest BCUT2D eigenvalue weighted by molar-refractivity contribution is 5.62. The molecule has 6 heteroatoms. The van der Waals surface area contributed by atoms with Crippen LogP contribution in [0.3, 0.4) is 0 Å². The van der Waals surface area contributed by atoms with E-state index >= 15 is 0 Å². The molecule has 2 rings (SSSR count). The number of nitrogens with zero attached hydrogens (tertiary/aromatic N) is 2. The molecule has 0 bridgehead atoms. The molecule has 0 aliphatic heterocycles. The van der Waals surface area contributed by atoms with Gasteiger partial charge >= 0.3 is 5.69 Å². The highest BCUT2D eigenvalue weighted by Crippen LogP contribution is 2.23. The largest absolute Gasteiger partial charge is 0.508 e. The topological polar surface area (TPSA) is 90.9 Å². The summed E-state index contributed by atoms with van der Waals surface area (Å²) in [7, 11) is 0. The van der Waals surface area contributed by atoms with Crippen LogP contribution in [-0.4, -0.2) is 20.3 Å². The lowest BCUT2D eigenvalue weighted by Gasteiger charge is -2.09. The molecule has 0 fully saturated rings. The van der Waals surface area contributed by atoms with Crippen molar-refractivity contribution in [1.82, 2.24) is 15.2 Å². The van der Waals surface area contributed by atoms with Gasteiger partial charge in [0.05, 0.1) is 0 Å². The lowest BCUT2D eigenvalue weighted by Crippen LogP contribution is -2.15. The minimum atomic E-state index is -0.505. The van der Waals surface area contributed by atoms with Crippen LogP contribution < -0.4 is 11.0 Å². The van der Waals surface area contributed by atoms with E-state index < -0.39 is 5.69 Å². The number of phenolic OH excluding ortho intramolecular Hbond substituents is 1. The minimum absolute atomic E-state index is 0.196. The summed E-state index contributed by atoms with van der Waals surface area (Å²) in [5.41, 5.74) is 1.71. The van der Waals surface area contributed by atoms with Crippen molar-refractivity contribution in [2.45, 2.75) is 13.8 Å². The molecular weight excluding hydrogens is 220 g/mol. The molecule has 1 aromatic heterocycles. The van der Waals surface area contributed by atoms with Gasteiger partial charge in [0.1, 0.15) is 11.4 Å². The predicted molar refractivity (Wildman–Crippen MR) is 63.5 cm³/mol. The second kappa shape index (κ2) is 4.25. The van der Waals surface area contributed by atoms with Crippen molar-refractivity contribution in [3.8, 4) is 5.75 Å². The van der Waals surface area contributed by atoms with E-state index in [4.69, 9.17) is 0 Å². The van der Waals surface area contributed by atoms with E-state index in [1.165, 1.54) is 0 Å². The van der Waals surface area contributed by atoms with Crippen molar-refractivity contribution < 1.29 is 5.11 Å².